The maximum absolute atomic E-state index is 11.7. The van der Waals surface area contributed by atoms with E-state index in [4.69, 9.17) is 8.37 Å². The molecule has 0 radical (unpaired) electrons. The van der Waals surface area contributed by atoms with Crippen LogP contribution in [0.2, 0.25) is 0 Å². The zero-order valence-electron chi connectivity index (χ0n) is 10.2. The summed E-state index contributed by atoms with van der Waals surface area (Å²) >= 11 is -2.16. The molecule has 2 rings (SSSR count). The normalized spacial score (nSPS) is 11.6. The predicted molar refractivity (Wildman–Crippen MR) is 71.8 cm³/mol. The van der Waals surface area contributed by atoms with E-state index in [-0.39, 0.29) is 0 Å². The Morgan fingerprint density at radius 3 is 2.26 bits per heavy atom. The van der Waals surface area contributed by atoms with Gasteiger partial charge in [-0.25, -0.2) is 4.79 Å². The smallest absolute Gasteiger partial charge is 0.371 e. The molecule has 0 aliphatic heterocycles. The number of carbonyl (C=O) groups excluding carboxylic acids is 1. The lowest BCUT2D eigenvalue weighted by atomic mass is 10.2. The van der Waals surface area contributed by atoms with E-state index >= 15 is 0 Å². The van der Waals surface area contributed by atoms with E-state index in [2.05, 4.69) is 0 Å². The molecule has 4 nitrogen and oxygen atoms in total. The number of hydrogen-bond acceptors (Lipinski definition) is 4. The summed E-state index contributed by atoms with van der Waals surface area (Å²) in [5, 5.41) is 0. The molecular formula is C14H12O4S. The Kier molecular flexibility index (Phi) is 4.30. The van der Waals surface area contributed by atoms with Crippen molar-refractivity contribution in [3.8, 4) is 5.75 Å². The van der Waals surface area contributed by atoms with Gasteiger partial charge in [0.15, 0.2) is 0 Å². The van der Waals surface area contributed by atoms with E-state index in [0.717, 1.165) is 5.56 Å². The molecule has 0 aliphatic rings. The van der Waals surface area contributed by atoms with Crippen LogP contribution in [0, 0.1) is 6.92 Å². The van der Waals surface area contributed by atoms with Gasteiger partial charge in [-0.3, -0.25) is 0 Å². The van der Waals surface area contributed by atoms with Crippen molar-refractivity contribution in [3.05, 3.63) is 65.7 Å². The summed E-state index contributed by atoms with van der Waals surface area (Å²) in [5.74, 6) is -0.313. The largest absolute Gasteiger partial charge is 0.420 e. The van der Waals surface area contributed by atoms with Crippen LogP contribution in [0.25, 0.3) is 0 Å². The molecule has 0 amide bonds. The van der Waals surface area contributed by atoms with Crippen molar-refractivity contribution >= 4 is 17.3 Å². The van der Waals surface area contributed by atoms with Crippen LogP contribution in [0.5, 0.6) is 5.75 Å². The van der Waals surface area contributed by atoms with Crippen molar-refractivity contribution in [1.82, 2.24) is 0 Å². The summed E-state index contributed by atoms with van der Waals surface area (Å²) in [5.41, 5.74) is 1.36. The Labute approximate surface area is 113 Å². The Morgan fingerprint density at radius 1 is 1.00 bits per heavy atom. The SMILES string of the molecule is Cc1ccc(C(=O)OS(=O)Oc2ccccc2)cc1. The molecule has 5 heteroatoms. The van der Waals surface area contributed by atoms with Crippen molar-refractivity contribution in [2.45, 2.75) is 6.92 Å². The van der Waals surface area contributed by atoms with E-state index in [1.54, 1.807) is 54.6 Å². The van der Waals surface area contributed by atoms with E-state index in [9.17, 15) is 9.00 Å². The van der Waals surface area contributed by atoms with Crippen molar-refractivity contribution in [2.75, 3.05) is 0 Å². The highest BCUT2D eigenvalue weighted by Gasteiger charge is 2.13. The highest BCUT2D eigenvalue weighted by atomic mass is 32.2. The number of aryl methyl sites for hydroxylation is 1. The van der Waals surface area contributed by atoms with E-state index in [0.29, 0.717) is 11.3 Å². The summed E-state index contributed by atoms with van der Waals surface area (Å²) in [6, 6.07) is 15.3. The molecule has 0 aromatic heterocycles. The van der Waals surface area contributed by atoms with E-state index < -0.39 is 17.3 Å². The lowest BCUT2D eigenvalue weighted by molar-refractivity contribution is 0.0745. The summed E-state index contributed by atoms with van der Waals surface area (Å²) in [6.45, 7) is 1.91. The van der Waals surface area contributed by atoms with E-state index in [1.807, 2.05) is 6.92 Å². The molecule has 1 atom stereocenters. The number of carbonyl (C=O) groups is 1. The molecular weight excluding hydrogens is 264 g/mol. The van der Waals surface area contributed by atoms with Crippen LogP contribution < -0.4 is 4.18 Å². The van der Waals surface area contributed by atoms with Gasteiger partial charge in [0.05, 0.1) is 5.56 Å². The molecule has 0 aliphatic carbocycles. The zero-order valence-corrected chi connectivity index (χ0v) is 11.1. The van der Waals surface area contributed by atoms with Crippen molar-refractivity contribution in [1.29, 1.82) is 0 Å². The zero-order chi connectivity index (χ0) is 13.7. The van der Waals surface area contributed by atoms with E-state index in [1.165, 1.54) is 0 Å². The minimum absolute atomic E-state index is 0.329. The molecule has 19 heavy (non-hydrogen) atoms. The second kappa shape index (κ2) is 6.15. The van der Waals surface area contributed by atoms with Crippen LogP contribution in [0.3, 0.4) is 0 Å². The monoisotopic (exact) mass is 276 g/mol. The topological polar surface area (TPSA) is 52.6 Å². The molecule has 1 unspecified atom stereocenters. The fourth-order valence-corrected chi connectivity index (χ4v) is 1.89. The number of rotatable bonds is 4. The molecule has 0 spiro atoms. The van der Waals surface area contributed by atoms with Gasteiger partial charge in [0.2, 0.25) is 0 Å². The number of para-hydroxylation sites is 1. The fraction of sp³-hybridized carbons (Fsp3) is 0.0714. The van der Waals surface area contributed by atoms with Crippen LogP contribution in [0.4, 0.5) is 0 Å². The molecule has 0 N–H and O–H groups in total. The third kappa shape index (κ3) is 3.93. The Hall–Kier alpha value is -2.14. The quantitative estimate of drug-likeness (QED) is 0.861. The first-order valence-electron chi connectivity index (χ1n) is 5.59. The van der Waals surface area contributed by atoms with Gasteiger partial charge >= 0.3 is 17.3 Å². The average molecular weight is 276 g/mol. The highest BCUT2D eigenvalue weighted by molar-refractivity contribution is 7.76. The third-order valence-electron chi connectivity index (χ3n) is 2.34. The molecule has 0 saturated heterocycles. The van der Waals surface area contributed by atoms with Gasteiger partial charge < -0.3 is 8.37 Å². The maximum Gasteiger partial charge on any atom is 0.420 e. The predicted octanol–water partition coefficient (Wildman–Crippen LogP) is 2.81. The average Bonchev–Trinajstić information content (AvgIpc) is 2.40. The van der Waals surface area contributed by atoms with Crippen LogP contribution >= 0.6 is 0 Å². The maximum atomic E-state index is 11.7. The van der Waals surface area contributed by atoms with Gasteiger partial charge in [0.25, 0.3) is 0 Å². The van der Waals surface area contributed by atoms with Crippen LogP contribution in [0.1, 0.15) is 15.9 Å². The van der Waals surface area contributed by atoms with Crippen LogP contribution in [-0.4, -0.2) is 10.2 Å². The lowest BCUT2D eigenvalue weighted by Crippen LogP contribution is -2.12. The van der Waals surface area contributed by atoms with Gasteiger partial charge in [-0.15, -0.1) is 0 Å². The summed E-state index contributed by atoms with van der Waals surface area (Å²) in [6.07, 6.45) is 0. The minimum atomic E-state index is -2.16. The van der Waals surface area contributed by atoms with Gasteiger partial charge in [0.1, 0.15) is 5.75 Å². The second-order valence-corrected chi connectivity index (χ2v) is 4.58. The number of hydrogen-bond donors (Lipinski definition) is 0. The Balaban J connectivity index is 1.95. The van der Waals surface area contributed by atoms with Crippen molar-refractivity contribution in [2.24, 2.45) is 0 Å². The molecule has 0 saturated carbocycles. The van der Waals surface area contributed by atoms with Crippen LogP contribution in [-0.2, 0) is 15.5 Å². The molecule has 0 fully saturated rings. The molecule has 0 bridgehead atoms. The molecule has 2 aromatic carbocycles. The van der Waals surface area contributed by atoms with Gasteiger partial charge in [-0.05, 0) is 31.2 Å². The molecule has 0 heterocycles. The summed E-state index contributed by atoms with van der Waals surface area (Å²) < 4.78 is 21.2. The minimum Gasteiger partial charge on any atom is -0.371 e. The first-order valence-corrected chi connectivity index (χ1v) is 6.59. The summed E-state index contributed by atoms with van der Waals surface area (Å²) in [4.78, 5) is 11.7. The highest BCUT2D eigenvalue weighted by Crippen LogP contribution is 2.12. The van der Waals surface area contributed by atoms with Crippen LogP contribution in [0.15, 0.2) is 54.6 Å². The number of benzene rings is 2. The van der Waals surface area contributed by atoms with Gasteiger partial charge in [0, 0.05) is 0 Å². The third-order valence-corrected chi connectivity index (χ3v) is 2.95. The second-order valence-electron chi connectivity index (χ2n) is 3.84. The molecule has 2 aromatic rings. The first kappa shape index (κ1) is 13.3. The molecule has 98 valence electrons. The van der Waals surface area contributed by atoms with Gasteiger partial charge in [-0.1, -0.05) is 35.9 Å². The first-order chi connectivity index (χ1) is 9.15. The van der Waals surface area contributed by atoms with Gasteiger partial charge in [-0.2, -0.15) is 4.21 Å². The van der Waals surface area contributed by atoms with Crippen molar-refractivity contribution in [3.63, 3.8) is 0 Å². The Morgan fingerprint density at radius 2 is 1.63 bits per heavy atom. The summed E-state index contributed by atoms with van der Waals surface area (Å²) in [7, 11) is 0. The van der Waals surface area contributed by atoms with Crippen molar-refractivity contribution < 1.29 is 17.4 Å². The lowest BCUT2D eigenvalue weighted by Gasteiger charge is -2.04. The standard InChI is InChI=1S/C14H12O4S/c1-11-7-9-12(10-8-11)14(15)18-19(16)17-13-5-3-2-4-6-13/h2-10H,1H3. The fourth-order valence-electron chi connectivity index (χ4n) is 1.37. The Bertz CT molecular complexity index is 578.